The molecule has 0 saturated heterocycles. The molecular formula is C18H11Cl2N3O3S. The Morgan fingerprint density at radius 2 is 1.96 bits per heavy atom. The minimum absolute atomic E-state index is 0.155. The van der Waals surface area contributed by atoms with Crippen molar-refractivity contribution in [3.8, 4) is 6.07 Å². The average Bonchev–Trinajstić information content (AvgIpc) is 2.98. The molecule has 0 spiro atoms. The summed E-state index contributed by atoms with van der Waals surface area (Å²) in [5.41, 5.74) is 1.30. The molecule has 27 heavy (non-hydrogen) atoms. The van der Waals surface area contributed by atoms with Gasteiger partial charge in [-0.2, -0.15) is 10.3 Å². The Labute approximate surface area is 167 Å². The molecule has 3 rings (SSSR count). The fourth-order valence-corrected chi connectivity index (χ4v) is 4.20. The molecule has 0 fully saturated rings. The summed E-state index contributed by atoms with van der Waals surface area (Å²) in [5.74, 6) is -1.01. The number of fused-ring (bicyclic) bond motifs is 1. The standard InChI is InChI=1S/C18H11Cl2N3O3S/c1-26-15(24)9-23-16-13(20)6-12(19)7-14(16)27-18(23)22-17(25)11-4-2-10(8-21)3-5-11/h2-7H,9H2,1H3. The van der Waals surface area contributed by atoms with Crippen molar-refractivity contribution in [2.24, 2.45) is 4.99 Å². The summed E-state index contributed by atoms with van der Waals surface area (Å²) in [6.07, 6.45) is 0. The molecule has 9 heteroatoms. The van der Waals surface area contributed by atoms with Crippen LogP contribution in [0.3, 0.4) is 0 Å². The van der Waals surface area contributed by atoms with Crippen molar-refractivity contribution < 1.29 is 14.3 Å². The van der Waals surface area contributed by atoms with Crippen molar-refractivity contribution in [2.75, 3.05) is 7.11 Å². The Hall–Kier alpha value is -2.66. The first-order valence-corrected chi connectivity index (χ1v) is 9.14. The Bertz CT molecular complexity index is 1160. The molecule has 0 radical (unpaired) electrons. The van der Waals surface area contributed by atoms with Crippen molar-refractivity contribution in [2.45, 2.75) is 6.54 Å². The number of nitriles is 1. The van der Waals surface area contributed by atoms with Crippen LogP contribution in [0.5, 0.6) is 0 Å². The number of hydrogen-bond donors (Lipinski definition) is 0. The largest absolute Gasteiger partial charge is 0.468 e. The van der Waals surface area contributed by atoms with E-state index in [0.29, 0.717) is 31.4 Å². The van der Waals surface area contributed by atoms with Crippen LogP contribution in [0, 0.1) is 11.3 Å². The van der Waals surface area contributed by atoms with Crippen LogP contribution in [0.1, 0.15) is 15.9 Å². The maximum atomic E-state index is 12.5. The van der Waals surface area contributed by atoms with Gasteiger partial charge in [-0.25, -0.2) is 0 Å². The Morgan fingerprint density at radius 1 is 1.26 bits per heavy atom. The molecule has 0 saturated carbocycles. The van der Waals surface area contributed by atoms with E-state index in [0.717, 1.165) is 0 Å². The molecular weight excluding hydrogens is 409 g/mol. The van der Waals surface area contributed by atoms with Crippen molar-refractivity contribution >= 4 is 56.6 Å². The number of halogens is 2. The monoisotopic (exact) mass is 419 g/mol. The lowest BCUT2D eigenvalue weighted by atomic mass is 10.1. The lowest BCUT2D eigenvalue weighted by Crippen LogP contribution is -2.22. The quantitative estimate of drug-likeness (QED) is 0.604. The molecule has 136 valence electrons. The highest BCUT2D eigenvalue weighted by molar-refractivity contribution is 7.16. The summed E-state index contributed by atoms with van der Waals surface area (Å²) in [5, 5.41) is 9.62. The Morgan fingerprint density at radius 3 is 2.59 bits per heavy atom. The number of nitrogens with zero attached hydrogens (tertiary/aromatic N) is 3. The average molecular weight is 420 g/mol. The van der Waals surface area contributed by atoms with Gasteiger partial charge in [-0.3, -0.25) is 9.59 Å². The molecule has 0 aliphatic heterocycles. The summed E-state index contributed by atoms with van der Waals surface area (Å²) in [4.78, 5) is 28.7. The first kappa shape index (κ1) is 19.1. The number of ether oxygens (including phenoxy) is 1. The maximum Gasteiger partial charge on any atom is 0.325 e. The molecule has 6 nitrogen and oxygen atoms in total. The second kappa shape index (κ2) is 7.92. The fourth-order valence-electron chi connectivity index (χ4n) is 2.39. The first-order chi connectivity index (χ1) is 12.9. The summed E-state index contributed by atoms with van der Waals surface area (Å²) >= 11 is 13.5. The highest BCUT2D eigenvalue weighted by atomic mass is 35.5. The minimum atomic E-state index is -0.508. The van der Waals surface area contributed by atoms with Crippen molar-refractivity contribution in [1.82, 2.24) is 4.57 Å². The number of aromatic nitrogens is 1. The van der Waals surface area contributed by atoms with Crippen molar-refractivity contribution in [3.63, 3.8) is 0 Å². The van der Waals surface area contributed by atoms with Gasteiger partial charge in [-0.05, 0) is 36.4 Å². The number of amides is 1. The molecule has 2 aromatic carbocycles. The number of hydrogen-bond acceptors (Lipinski definition) is 5. The van der Waals surface area contributed by atoms with E-state index in [-0.39, 0.29) is 11.3 Å². The third-order valence-electron chi connectivity index (χ3n) is 3.67. The third kappa shape index (κ3) is 4.03. The minimum Gasteiger partial charge on any atom is -0.468 e. The van der Waals surface area contributed by atoms with E-state index in [1.54, 1.807) is 12.1 Å². The second-order valence-corrected chi connectivity index (χ2v) is 7.24. The van der Waals surface area contributed by atoms with Gasteiger partial charge < -0.3 is 9.30 Å². The van der Waals surface area contributed by atoms with Gasteiger partial charge in [0.25, 0.3) is 5.91 Å². The molecule has 1 heterocycles. The van der Waals surface area contributed by atoms with Crippen LogP contribution in [-0.4, -0.2) is 23.6 Å². The van der Waals surface area contributed by atoms with Gasteiger partial charge in [-0.15, -0.1) is 0 Å². The zero-order chi connectivity index (χ0) is 19.6. The van der Waals surface area contributed by atoms with Crippen LogP contribution in [-0.2, 0) is 16.1 Å². The van der Waals surface area contributed by atoms with E-state index in [4.69, 9.17) is 33.2 Å². The van der Waals surface area contributed by atoms with Crippen molar-refractivity contribution in [3.05, 3.63) is 62.4 Å². The van der Waals surface area contributed by atoms with Crippen molar-refractivity contribution in [1.29, 1.82) is 5.26 Å². The SMILES string of the molecule is COC(=O)Cn1c(=NC(=O)c2ccc(C#N)cc2)sc2cc(Cl)cc(Cl)c21. The predicted octanol–water partition coefficient (Wildman–Crippen LogP) is 3.80. The number of methoxy groups -OCH3 is 1. The normalized spacial score (nSPS) is 11.4. The zero-order valence-corrected chi connectivity index (χ0v) is 16.2. The van der Waals surface area contributed by atoms with Gasteiger partial charge in [0.05, 0.1) is 34.0 Å². The van der Waals surface area contributed by atoms with Gasteiger partial charge >= 0.3 is 5.97 Å². The number of benzene rings is 2. The Kier molecular flexibility index (Phi) is 5.61. The number of carbonyl (C=O) groups is 2. The summed E-state index contributed by atoms with van der Waals surface area (Å²) in [6.45, 7) is -0.155. The molecule has 0 aliphatic carbocycles. The molecule has 0 unspecified atom stereocenters. The lowest BCUT2D eigenvalue weighted by molar-refractivity contribution is -0.141. The molecule has 1 amide bonds. The summed E-state index contributed by atoms with van der Waals surface area (Å²) in [6, 6.07) is 11.3. The Balaban J connectivity index is 2.16. The second-order valence-electron chi connectivity index (χ2n) is 5.39. The molecule has 1 aromatic heterocycles. The predicted molar refractivity (Wildman–Crippen MR) is 103 cm³/mol. The highest BCUT2D eigenvalue weighted by Crippen LogP contribution is 2.29. The number of thiazole rings is 1. The van der Waals surface area contributed by atoms with Gasteiger partial charge in [0, 0.05) is 10.6 Å². The maximum absolute atomic E-state index is 12.5. The van der Waals surface area contributed by atoms with Crippen LogP contribution in [0.15, 0.2) is 41.4 Å². The molecule has 0 bridgehead atoms. The van der Waals surface area contributed by atoms with E-state index < -0.39 is 11.9 Å². The number of carbonyl (C=O) groups excluding carboxylic acids is 2. The van der Waals surface area contributed by atoms with Gasteiger partial charge in [0.15, 0.2) is 4.80 Å². The van der Waals surface area contributed by atoms with E-state index >= 15 is 0 Å². The van der Waals surface area contributed by atoms with Crippen LogP contribution in [0.25, 0.3) is 10.2 Å². The number of esters is 1. The topological polar surface area (TPSA) is 84.5 Å². The molecule has 0 atom stereocenters. The van der Waals surface area contributed by atoms with E-state index in [2.05, 4.69) is 4.99 Å². The van der Waals surface area contributed by atoms with Crippen LogP contribution in [0.4, 0.5) is 0 Å². The van der Waals surface area contributed by atoms with Gasteiger partial charge in [-0.1, -0.05) is 34.5 Å². The number of rotatable bonds is 3. The third-order valence-corrected chi connectivity index (χ3v) is 5.20. The summed E-state index contributed by atoms with van der Waals surface area (Å²) < 4.78 is 6.93. The smallest absolute Gasteiger partial charge is 0.325 e. The van der Waals surface area contributed by atoms with E-state index in [1.807, 2.05) is 6.07 Å². The van der Waals surface area contributed by atoms with Crippen LogP contribution < -0.4 is 4.80 Å². The molecule has 3 aromatic rings. The van der Waals surface area contributed by atoms with E-state index in [1.165, 1.54) is 47.3 Å². The highest BCUT2D eigenvalue weighted by Gasteiger charge is 2.15. The van der Waals surface area contributed by atoms with Gasteiger partial charge in [0.1, 0.15) is 6.54 Å². The van der Waals surface area contributed by atoms with Gasteiger partial charge in [0.2, 0.25) is 0 Å². The van der Waals surface area contributed by atoms with Crippen LogP contribution in [0.2, 0.25) is 10.0 Å². The molecule has 0 aliphatic rings. The first-order valence-electron chi connectivity index (χ1n) is 7.57. The fraction of sp³-hybridized carbons (Fsp3) is 0.111. The van der Waals surface area contributed by atoms with Crippen LogP contribution >= 0.6 is 34.5 Å². The lowest BCUT2D eigenvalue weighted by Gasteiger charge is -2.05. The summed E-state index contributed by atoms with van der Waals surface area (Å²) in [7, 11) is 1.27. The molecule has 0 N–H and O–H groups in total. The zero-order valence-electron chi connectivity index (χ0n) is 13.9. The van der Waals surface area contributed by atoms with E-state index in [9.17, 15) is 9.59 Å².